The number of rotatable bonds is 2. The van der Waals surface area contributed by atoms with Crippen LogP contribution in [0.4, 0.5) is 5.69 Å². The number of amides is 1. The van der Waals surface area contributed by atoms with Crippen LogP contribution in [-0.2, 0) is 14.3 Å². The second kappa shape index (κ2) is 6.91. The quantitative estimate of drug-likeness (QED) is 0.386. The van der Waals surface area contributed by atoms with Crippen LogP contribution in [0.25, 0.3) is 0 Å². The van der Waals surface area contributed by atoms with Crippen LogP contribution in [-0.4, -0.2) is 18.5 Å². The number of benzene rings is 1. The third kappa shape index (κ3) is 4.87. The van der Waals surface area contributed by atoms with Gasteiger partial charge in [-0.1, -0.05) is 18.1 Å². The van der Waals surface area contributed by atoms with Gasteiger partial charge in [0.2, 0.25) is 0 Å². The molecule has 1 N–H and O–H groups in total. The van der Waals surface area contributed by atoms with Gasteiger partial charge in [0.15, 0.2) is 6.61 Å². The van der Waals surface area contributed by atoms with E-state index in [9.17, 15) is 9.59 Å². The normalized spacial score (nSPS) is 8.82. The van der Waals surface area contributed by atoms with E-state index in [1.165, 1.54) is 0 Å². The van der Waals surface area contributed by atoms with Gasteiger partial charge in [-0.25, -0.2) is 4.79 Å². The third-order valence-electron chi connectivity index (χ3n) is 1.80. The Morgan fingerprint density at radius 3 is 2.88 bits per heavy atom. The molecule has 88 valence electrons. The molecule has 0 saturated carbocycles. The van der Waals surface area contributed by atoms with Crippen molar-refractivity contribution in [1.29, 1.82) is 0 Å². The highest BCUT2D eigenvalue weighted by Crippen LogP contribution is 2.09. The van der Waals surface area contributed by atoms with Crippen molar-refractivity contribution in [1.82, 2.24) is 0 Å². The van der Waals surface area contributed by atoms with Crippen LogP contribution in [0.2, 0.25) is 0 Å². The Bertz CT molecular complexity index is 488. The van der Waals surface area contributed by atoms with Gasteiger partial charge in [0, 0.05) is 28.3 Å². The lowest BCUT2D eigenvalue weighted by Crippen LogP contribution is -2.25. The van der Waals surface area contributed by atoms with E-state index in [0.717, 1.165) is 5.56 Å². The monoisotopic (exact) mass is 343 g/mol. The summed E-state index contributed by atoms with van der Waals surface area (Å²) in [6.45, 7) is 1.81. The SMILES string of the molecule is Cc1cccc(NC(=O)C(=O)OCC#CI)c1. The van der Waals surface area contributed by atoms with Crippen molar-refractivity contribution in [3.8, 4) is 9.85 Å². The molecular formula is C12H10INO3. The molecule has 1 aromatic carbocycles. The zero-order chi connectivity index (χ0) is 12.7. The van der Waals surface area contributed by atoms with E-state index in [-0.39, 0.29) is 6.61 Å². The lowest BCUT2D eigenvalue weighted by molar-refractivity contribution is -0.151. The molecule has 1 aromatic rings. The van der Waals surface area contributed by atoms with E-state index in [2.05, 4.69) is 19.9 Å². The number of hydrogen-bond donors (Lipinski definition) is 1. The van der Waals surface area contributed by atoms with Gasteiger partial charge in [-0.05, 0) is 28.5 Å². The van der Waals surface area contributed by atoms with E-state index >= 15 is 0 Å². The summed E-state index contributed by atoms with van der Waals surface area (Å²) in [6, 6.07) is 7.14. The largest absolute Gasteiger partial charge is 0.445 e. The summed E-state index contributed by atoms with van der Waals surface area (Å²) in [6.07, 6.45) is 0. The fourth-order valence-electron chi connectivity index (χ4n) is 1.10. The summed E-state index contributed by atoms with van der Waals surface area (Å²) in [7, 11) is 0. The van der Waals surface area contributed by atoms with Gasteiger partial charge in [-0.3, -0.25) is 4.79 Å². The summed E-state index contributed by atoms with van der Waals surface area (Å²) in [5.41, 5.74) is 1.55. The first-order valence-electron chi connectivity index (χ1n) is 4.76. The van der Waals surface area contributed by atoms with Crippen LogP contribution in [0, 0.1) is 16.8 Å². The first-order chi connectivity index (χ1) is 8.13. The third-order valence-corrected chi connectivity index (χ3v) is 2.18. The predicted octanol–water partition coefficient (Wildman–Crippen LogP) is 1.87. The van der Waals surface area contributed by atoms with Gasteiger partial charge in [-0.2, -0.15) is 0 Å². The van der Waals surface area contributed by atoms with Crippen molar-refractivity contribution in [2.45, 2.75) is 6.92 Å². The molecule has 0 bridgehead atoms. The van der Waals surface area contributed by atoms with Crippen LogP contribution in [0.3, 0.4) is 0 Å². The van der Waals surface area contributed by atoms with Gasteiger partial charge < -0.3 is 10.1 Å². The van der Waals surface area contributed by atoms with Crippen LogP contribution in [0.5, 0.6) is 0 Å². The van der Waals surface area contributed by atoms with Crippen molar-refractivity contribution in [2.24, 2.45) is 0 Å². The molecule has 0 spiro atoms. The Labute approximate surface area is 113 Å². The van der Waals surface area contributed by atoms with Crippen molar-refractivity contribution < 1.29 is 14.3 Å². The van der Waals surface area contributed by atoms with Gasteiger partial charge in [0.05, 0.1) is 0 Å². The highest BCUT2D eigenvalue weighted by molar-refractivity contribution is 14.1. The number of ether oxygens (including phenoxy) is 1. The van der Waals surface area contributed by atoms with Crippen molar-refractivity contribution in [3.63, 3.8) is 0 Å². The molecule has 0 aliphatic carbocycles. The molecule has 0 radical (unpaired) electrons. The molecule has 0 unspecified atom stereocenters. The summed E-state index contributed by atoms with van der Waals surface area (Å²) in [5.74, 6) is 0.781. The van der Waals surface area contributed by atoms with Gasteiger partial charge in [-0.15, -0.1) is 0 Å². The molecule has 1 amide bonds. The number of anilines is 1. The zero-order valence-electron chi connectivity index (χ0n) is 9.12. The second-order valence-corrected chi connectivity index (χ2v) is 3.71. The average molecular weight is 343 g/mol. The van der Waals surface area contributed by atoms with Crippen LogP contribution in [0.15, 0.2) is 24.3 Å². The molecule has 0 saturated heterocycles. The van der Waals surface area contributed by atoms with Crippen LogP contribution in [0.1, 0.15) is 5.56 Å². The number of esters is 1. The van der Waals surface area contributed by atoms with Crippen LogP contribution >= 0.6 is 22.6 Å². The fourth-order valence-corrected chi connectivity index (χ4v) is 1.26. The van der Waals surface area contributed by atoms with Crippen molar-refractivity contribution in [3.05, 3.63) is 29.8 Å². The molecule has 1 rings (SSSR count). The molecular weight excluding hydrogens is 333 g/mol. The van der Waals surface area contributed by atoms with Crippen LogP contribution < -0.4 is 5.32 Å². The number of carbonyl (C=O) groups excluding carboxylic acids is 2. The smallest absolute Gasteiger partial charge is 0.398 e. The number of hydrogen-bond acceptors (Lipinski definition) is 3. The predicted molar refractivity (Wildman–Crippen MR) is 72.6 cm³/mol. The van der Waals surface area contributed by atoms with E-state index in [1.54, 1.807) is 18.2 Å². The molecule has 0 atom stereocenters. The van der Waals surface area contributed by atoms with E-state index in [1.807, 2.05) is 35.6 Å². The minimum atomic E-state index is -0.939. The minimum Gasteiger partial charge on any atom is -0.445 e. The van der Waals surface area contributed by atoms with Gasteiger partial charge in [0.25, 0.3) is 0 Å². The topological polar surface area (TPSA) is 55.4 Å². The number of carbonyl (C=O) groups is 2. The molecule has 0 aliphatic rings. The average Bonchev–Trinajstić information content (AvgIpc) is 2.29. The second-order valence-electron chi connectivity index (χ2n) is 3.17. The fraction of sp³-hybridized carbons (Fsp3) is 0.167. The number of aryl methyl sites for hydroxylation is 1. The lowest BCUT2D eigenvalue weighted by atomic mass is 10.2. The Hall–Kier alpha value is -1.55. The minimum absolute atomic E-state index is 0.0803. The first-order valence-corrected chi connectivity index (χ1v) is 5.84. The molecule has 0 fully saturated rings. The maximum Gasteiger partial charge on any atom is 0.398 e. The summed E-state index contributed by atoms with van der Waals surface area (Å²) < 4.78 is 7.15. The molecule has 5 heteroatoms. The van der Waals surface area contributed by atoms with Crippen molar-refractivity contribution in [2.75, 3.05) is 11.9 Å². The number of nitrogens with one attached hydrogen (secondary N) is 1. The van der Waals surface area contributed by atoms with E-state index in [0.29, 0.717) is 5.69 Å². The van der Waals surface area contributed by atoms with Gasteiger partial charge >= 0.3 is 11.9 Å². The Morgan fingerprint density at radius 1 is 1.47 bits per heavy atom. The molecule has 0 aliphatic heterocycles. The Morgan fingerprint density at radius 2 is 2.24 bits per heavy atom. The summed E-state index contributed by atoms with van der Waals surface area (Å²) in [5, 5.41) is 2.45. The highest BCUT2D eigenvalue weighted by Gasteiger charge is 2.14. The summed E-state index contributed by atoms with van der Waals surface area (Å²) in [4.78, 5) is 22.6. The maximum absolute atomic E-state index is 11.4. The Kier molecular flexibility index (Phi) is 5.49. The molecule has 4 nitrogen and oxygen atoms in total. The van der Waals surface area contributed by atoms with Gasteiger partial charge in [0.1, 0.15) is 0 Å². The molecule has 0 aromatic heterocycles. The Balaban J connectivity index is 2.53. The highest BCUT2D eigenvalue weighted by atomic mass is 127. The molecule has 17 heavy (non-hydrogen) atoms. The van der Waals surface area contributed by atoms with Crippen molar-refractivity contribution >= 4 is 40.2 Å². The standard InChI is InChI=1S/C12H10INO3/c1-9-4-2-5-10(8-9)14-11(15)12(16)17-7-3-6-13/h2,4-5,8H,7H2,1H3,(H,14,15). The van der Waals surface area contributed by atoms with E-state index < -0.39 is 11.9 Å². The summed E-state index contributed by atoms with van der Waals surface area (Å²) >= 11 is 1.82. The maximum atomic E-state index is 11.4. The molecule has 0 heterocycles. The first kappa shape index (κ1) is 13.5. The number of halogens is 1. The zero-order valence-corrected chi connectivity index (χ0v) is 11.3. The van der Waals surface area contributed by atoms with E-state index in [4.69, 9.17) is 0 Å². The lowest BCUT2D eigenvalue weighted by Gasteiger charge is -2.04.